The number of nitrogens with zero attached hydrogens (tertiary/aromatic N) is 2. The van der Waals surface area contributed by atoms with E-state index in [0.29, 0.717) is 11.1 Å². The molecule has 1 N–H and O–H groups in total. The maximum absolute atomic E-state index is 12.4. The van der Waals surface area contributed by atoms with Crippen LogP contribution in [0.5, 0.6) is 0 Å². The number of nitrogens with one attached hydrogen (secondary N) is 1. The summed E-state index contributed by atoms with van der Waals surface area (Å²) >= 11 is 0. The van der Waals surface area contributed by atoms with E-state index in [1.807, 2.05) is 0 Å². The third-order valence-corrected chi connectivity index (χ3v) is 6.45. The molecule has 1 fully saturated rings. The van der Waals surface area contributed by atoms with Crippen LogP contribution in [0.15, 0.2) is 24.3 Å². The molecule has 28 heavy (non-hydrogen) atoms. The maximum atomic E-state index is 12.4. The van der Waals surface area contributed by atoms with Crippen LogP contribution in [0, 0.1) is 0 Å². The second-order valence-electron chi connectivity index (χ2n) is 6.82. The summed E-state index contributed by atoms with van der Waals surface area (Å²) in [5.74, 6) is -1.87. The molecule has 0 aromatic heterocycles. The van der Waals surface area contributed by atoms with Crippen LogP contribution >= 0.6 is 0 Å². The van der Waals surface area contributed by atoms with Crippen molar-refractivity contribution in [3.8, 4) is 0 Å². The highest BCUT2D eigenvalue weighted by molar-refractivity contribution is 7.91. The molecule has 2 aliphatic rings. The molecule has 2 aliphatic heterocycles. The molecule has 0 saturated carbocycles. The van der Waals surface area contributed by atoms with Gasteiger partial charge < -0.3 is 10.2 Å². The molecule has 0 aliphatic carbocycles. The van der Waals surface area contributed by atoms with E-state index in [1.165, 1.54) is 11.8 Å². The lowest BCUT2D eigenvalue weighted by Crippen LogP contribution is -2.52. The van der Waals surface area contributed by atoms with Gasteiger partial charge in [0.1, 0.15) is 6.04 Å². The third kappa shape index (κ3) is 4.06. The summed E-state index contributed by atoms with van der Waals surface area (Å²) in [6.45, 7) is 1.65. The van der Waals surface area contributed by atoms with Crippen molar-refractivity contribution in [1.29, 1.82) is 0 Å². The average Bonchev–Trinajstić information content (AvgIpc) is 2.90. The number of hydrogen-bond acceptors (Lipinski definition) is 6. The van der Waals surface area contributed by atoms with Gasteiger partial charge in [0, 0.05) is 26.1 Å². The van der Waals surface area contributed by atoms with Crippen LogP contribution < -0.4 is 5.32 Å². The Morgan fingerprint density at radius 2 is 1.61 bits per heavy atom. The number of carbonyl (C=O) groups is 4. The standard InChI is InChI=1S/C18H21N3O6S/c1-12(16(23)20-8-10-28(26,27)11-9-20)19-15(22)6-7-21-17(24)13-4-2-3-5-14(13)18(21)25/h2-5,12H,6-11H2,1H3,(H,19,22). The highest BCUT2D eigenvalue weighted by Crippen LogP contribution is 2.22. The molecule has 0 radical (unpaired) electrons. The lowest BCUT2D eigenvalue weighted by molar-refractivity contribution is -0.135. The van der Waals surface area contributed by atoms with Gasteiger partial charge >= 0.3 is 0 Å². The number of rotatable bonds is 5. The second kappa shape index (κ2) is 7.70. The van der Waals surface area contributed by atoms with E-state index in [4.69, 9.17) is 0 Å². The highest BCUT2D eigenvalue weighted by Gasteiger charge is 2.35. The number of carbonyl (C=O) groups excluding carboxylic acids is 4. The fourth-order valence-corrected chi connectivity index (χ4v) is 4.44. The van der Waals surface area contributed by atoms with Gasteiger partial charge in [0.25, 0.3) is 11.8 Å². The number of benzene rings is 1. The first-order valence-corrected chi connectivity index (χ1v) is 10.8. The number of hydrogen-bond donors (Lipinski definition) is 1. The van der Waals surface area contributed by atoms with E-state index in [9.17, 15) is 27.6 Å². The van der Waals surface area contributed by atoms with Crippen molar-refractivity contribution >= 4 is 33.5 Å². The van der Waals surface area contributed by atoms with Crippen LogP contribution in [0.1, 0.15) is 34.1 Å². The third-order valence-electron chi connectivity index (χ3n) is 4.84. The van der Waals surface area contributed by atoms with Crippen molar-refractivity contribution in [3.05, 3.63) is 35.4 Å². The average molecular weight is 407 g/mol. The van der Waals surface area contributed by atoms with Crippen molar-refractivity contribution in [2.75, 3.05) is 31.1 Å². The van der Waals surface area contributed by atoms with Crippen LogP contribution in [0.2, 0.25) is 0 Å². The first kappa shape index (κ1) is 20.0. The zero-order chi connectivity index (χ0) is 20.5. The van der Waals surface area contributed by atoms with Gasteiger partial charge in [-0.3, -0.25) is 24.1 Å². The molecule has 10 heteroatoms. The molecule has 4 amide bonds. The van der Waals surface area contributed by atoms with Gasteiger partial charge in [-0.1, -0.05) is 12.1 Å². The van der Waals surface area contributed by atoms with Gasteiger partial charge in [-0.2, -0.15) is 0 Å². The Balaban J connectivity index is 1.50. The SMILES string of the molecule is CC(NC(=O)CCN1C(=O)c2ccccc2C1=O)C(=O)N1CCS(=O)(=O)CC1. The van der Waals surface area contributed by atoms with Crippen LogP contribution in [0.3, 0.4) is 0 Å². The molecular weight excluding hydrogens is 386 g/mol. The Morgan fingerprint density at radius 3 is 2.14 bits per heavy atom. The van der Waals surface area contributed by atoms with E-state index in [0.717, 1.165) is 4.90 Å². The smallest absolute Gasteiger partial charge is 0.261 e. The van der Waals surface area contributed by atoms with Crippen LogP contribution in [0.4, 0.5) is 0 Å². The lowest BCUT2D eigenvalue weighted by atomic mass is 10.1. The van der Waals surface area contributed by atoms with Crippen molar-refractivity contribution < 1.29 is 27.6 Å². The summed E-state index contributed by atoms with van der Waals surface area (Å²) in [6, 6.07) is 5.64. The van der Waals surface area contributed by atoms with Crippen LogP contribution in [0.25, 0.3) is 0 Å². The Morgan fingerprint density at radius 1 is 1.07 bits per heavy atom. The zero-order valence-corrected chi connectivity index (χ0v) is 16.2. The quantitative estimate of drug-likeness (QED) is 0.653. The normalized spacial score (nSPS) is 19.3. The Bertz CT molecular complexity index is 893. The number of amides is 4. The first-order chi connectivity index (χ1) is 13.2. The molecule has 0 spiro atoms. The molecule has 150 valence electrons. The number of sulfone groups is 1. The summed E-state index contributed by atoms with van der Waals surface area (Å²) in [6.07, 6.45) is -0.128. The number of imide groups is 1. The summed E-state index contributed by atoms with van der Waals surface area (Å²) in [5.41, 5.74) is 0.632. The van der Waals surface area contributed by atoms with Gasteiger partial charge in [-0.25, -0.2) is 8.42 Å². The molecule has 1 unspecified atom stereocenters. The predicted molar refractivity (Wildman–Crippen MR) is 99.3 cm³/mol. The molecule has 2 heterocycles. The molecular formula is C18H21N3O6S. The monoisotopic (exact) mass is 407 g/mol. The topological polar surface area (TPSA) is 121 Å². The Labute approximate surface area is 162 Å². The van der Waals surface area contributed by atoms with Gasteiger partial charge in [0.2, 0.25) is 11.8 Å². The molecule has 0 bridgehead atoms. The minimum absolute atomic E-state index is 0.0823. The van der Waals surface area contributed by atoms with Crippen molar-refractivity contribution in [2.24, 2.45) is 0 Å². The lowest BCUT2D eigenvalue weighted by Gasteiger charge is -2.29. The van der Waals surface area contributed by atoms with Crippen LogP contribution in [-0.2, 0) is 19.4 Å². The Hall–Kier alpha value is -2.75. The summed E-state index contributed by atoms with van der Waals surface area (Å²) in [7, 11) is -3.10. The van der Waals surface area contributed by atoms with Gasteiger partial charge in [0.15, 0.2) is 9.84 Å². The maximum Gasteiger partial charge on any atom is 0.261 e. The fourth-order valence-electron chi connectivity index (χ4n) is 3.24. The van der Waals surface area contributed by atoms with E-state index >= 15 is 0 Å². The van der Waals surface area contributed by atoms with Crippen molar-refractivity contribution in [1.82, 2.24) is 15.1 Å². The molecule has 1 aromatic rings. The highest BCUT2D eigenvalue weighted by atomic mass is 32.2. The van der Waals surface area contributed by atoms with E-state index < -0.39 is 33.6 Å². The molecule has 1 atom stereocenters. The molecule has 3 rings (SSSR count). The minimum Gasteiger partial charge on any atom is -0.345 e. The summed E-state index contributed by atoms with van der Waals surface area (Å²) < 4.78 is 22.9. The molecule has 1 aromatic carbocycles. The second-order valence-corrected chi connectivity index (χ2v) is 9.13. The zero-order valence-electron chi connectivity index (χ0n) is 15.4. The summed E-state index contributed by atoms with van der Waals surface area (Å²) in [4.78, 5) is 51.5. The Kier molecular flexibility index (Phi) is 5.50. The molecule has 1 saturated heterocycles. The van der Waals surface area contributed by atoms with Crippen molar-refractivity contribution in [2.45, 2.75) is 19.4 Å². The van der Waals surface area contributed by atoms with Crippen LogP contribution in [-0.4, -0.2) is 79.0 Å². The van der Waals surface area contributed by atoms with Gasteiger partial charge in [-0.15, -0.1) is 0 Å². The first-order valence-electron chi connectivity index (χ1n) is 8.93. The minimum atomic E-state index is -3.10. The largest absolute Gasteiger partial charge is 0.345 e. The van der Waals surface area contributed by atoms with Crippen molar-refractivity contribution in [3.63, 3.8) is 0 Å². The predicted octanol–water partition coefficient (Wildman–Crippen LogP) is -0.566. The molecule has 9 nitrogen and oxygen atoms in total. The number of fused-ring (bicyclic) bond motifs is 1. The summed E-state index contributed by atoms with van der Waals surface area (Å²) in [5, 5.41) is 2.54. The van der Waals surface area contributed by atoms with E-state index in [2.05, 4.69) is 5.32 Å². The fraction of sp³-hybridized carbons (Fsp3) is 0.444. The van der Waals surface area contributed by atoms with Gasteiger partial charge in [-0.05, 0) is 19.1 Å². The van der Waals surface area contributed by atoms with Gasteiger partial charge in [0.05, 0.1) is 22.6 Å². The van der Waals surface area contributed by atoms with E-state index in [1.54, 1.807) is 24.3 Å². The van der Waals surface area contributed by atoms with E-state index in [-0.39, 0.29) is 43.5 Å².